The minimum atomic E-state index is -0.619. The molecule has 0 atom stereocenters. The highest BCUT2D eigenvalue weighted by Gasteiger charge is 2.31. The Balaban J connectivity index is 2.48. The number of methoxy groups -OCH3 is 2. The fourth-order valence-corrected chi connectivity index (χ4v) is 3.33. The summed E-state index contributed by atoms with van der Waals surface area (Å²) < 4.78 is 16.6. The Morgan fingerprint density at radius 1 is 1.18 bits per heavy atom. The number of hydrogen-bond acceptors (Lipinski definition) is 6. The van der Waals surface area contributed by atoms with Crippen molar-refractivity contribution in [1.82, 2.24) is 4.98 Å². The van der Waals surface area contributed by atoms with Gasteiger partial charge >= 0.3 is 11.7 Å². The van der Waals surface area contributed by atoms with E-state index in [4.69, 9.17) is 14.2 Å². The van der Waals surface area contributed by atoms with Gasteiger partial charge in [0.25, 0.3) is 0 Å². The molecule has 0 aliphatic carbocycles. The van der Waals surface area contributed by atoms with Crippen LogP contribution in [0.15, 0.2) is 34.8 Å². The Kier molecular flexibility index (Phi) is 5.55. The van der Waals surface area contributed by atoms with E-state index in [1.165, 1.54) is 20.3 Å². The molecular formula is C19H17BrN2O6. The van der Waals surface area contributed by atoms with Crippen molar-refractivity contribution >= 4 is 38.5 Å². The Hall–Kier alpha value is -3.07. The van der Waals surface area contributed by atoms with Crippen LogP contribution >= 0.6 is 15.9 Å². The van der Waals surface area contributed by atoms with Crippen LogP contribution in [0.5, 0.6) is 11.5 Å². The largest absolute Gasteiger partial charge is 0.496 e. The lowest BCUT2D eigenvalue weighted by Gasteiger charge is -2.10. The normalized spacial score (nSPS) is 10.7. The van der Waals surface area contributed by atoms with Crippen molar-refractivity contribution in [2.24, 2.45) is 0 Å². The van der Waals surface area contributed by atoms with Crippen molar-refractivity contribution < 1.29 is 23.9 Å². The van der Waals surface area contributed by atoms with Gasteiger partial charge in [-0.3, -0.25) is 10.1 Å². The van der Waals surface area contributed by atoms with Gasteiger partial charge in [-0.05, 0) is 24.6 Å². The minimum Gasteiger partial charge on any atom is -0.496 e. The Morgan fingerprint density at radius 2 is 1.82 bits per heavy atom. The van der Waals surface area contributed by atoms with E-state index >= 15 is 0 Å². The number of aromatic nitrogens is 1. The van der Waals surface area contributed by atoms with Crippen LogP contribution < -0.4 is 9.47 Å². The summed E-state index contributed by atoms with van der Waals surface area (Å²) in [7, 11) is 2.78. The highest BCUT2D eigenvalue weighted by Crippen LogP contribution is 2.46. The van der Waals surface area contributed by atoms with Crippen LogP contribution in [0.25, 0.3) is 22.0 Å². The van der Waals surface area contributed by atoms with E-state index in [1.807, 2.05) is 12.1 Å². The predicted octanol–water partition coefficient (Wildman–Crippen LogP) is 4.70. The van der Waals surface area contributed by atoms with Gasteiger partial charge in [0.2, 0.25) is 5.75 Å². The van der Waals surface area contributed by atoms with Gasteiger partial charge in [-0.25, -0.2) is 4.79 Å². The SMILES string of the molecule is CCOC(=O)c1[nH]c2c([N+](=O)[O-])c(OC)cc(OC)c2c1-c1ccc(Br)cc1. The molecule has 0 aliphatic rings. The number of rotatable bonds is 6. The van der Waals surface area contributed by atoms with Gasteiger partial charge in [0.1, 0.15) is 17.0 Å². The van der Waals surface area contributed by atoms with E-state index in [-0.39, 0.29) is 29.3 Å². The molecule has 0 saturated carbocycles. The Labute approximate surface area is 168 Å². The molecule has 28 heavy (non-hydrogen) atoms. The Morgan fingerprint density at radius 3 is 2.36 bits per heavy atom. The first-order chi connectivity index (χ1) is 13.4. The van der Waals surface area contributed by atoms with Crippen LogP contribution in [0.4, 0.5) is 5.69 Å². The molecule has 1 heterocycles. The molecule has 0 spiro atoms. The first-order valence-electron chi connectivity index (χ1n) is 8.31. The molecule has 0 saturated heterocycles. The molecule has 0 radical (unpaired) electrons. The number of nitrogens with zero attached hydrogens (tertiary/aromatic N) is 1. The lowest BCUT2D eigenvalue weighted by atomic mass is 10.0. The number of aromatic amines is 1. The van der Waals surface area contributed by atoms with E-state index in [2.05, 4.69) is 20.9 Å². The molecule has 3 rings (SSSR count). The summed E-state index contributed by atoms with van der Waals surface area (Å²) >= 11 is 3.38. The van der Waals surface area contributed by atoms with E-state index in [0.717, 1.165) is 4.47 Å². The minimum absolute atomic E-state index is 0.0216. The van der Waals surface area contributed by atoms with Crippen molar-refractivity contribution in [3.05, 3.63) is 50.6 Å². The molecule has 0 aliphatic heterocycles. The summed E-state index contributed by atoms with van der Waals surface area (Å²) in [6.45, 7) is 1.85. The fraction of sp³-hybridized carbons (Fsp3) is 0.211. The number of carbonyl (C=O) groups is 1. The number of fused-ring (bicyclic) bond motifs is 1. The standard InChI is InChI=1S/C19H17BrN2O6/c1-4-28-19(23)17-14(10-5-7-11(20)8-6-10)15-12(26-2)9-13(27-3)18(22(24)25)16(15)21-17/h5-9,21H,4H2,1-3H3. The van der Waals surface area contributed by atoms with Gasteiger partial charge < -0.3 is 19.2 Å². The zero-order chi connectivity index (χ0) is 20.4. The number of H-pyrrole nitrogens is 1. The van der Waals surface area contributed by atoms with E-state index in [1.54, 1.807) is 19.1 Å². The van der Waals surface area contributed by atoms with Crippen LogP contribution in [0.2, 0.25) is 0 Å². The average molecular weight is 449 g/mol. The molecule has 0 fully saturated rings. The van der Waals surface area contributed by atoms with Gasteiger partial charge in [-0.15, -0.1) is 0 Å². The predicted molar refractivity (Wildman–Crippen MR) is 107 cm³/mol. The van der Waals surface area contributed by atoms with Crippen LogP contribution in [0.3, 0.4) is 0 Å². The van der Waals surface area contributed by atoms with Crippen LogP contribution in [-0.4, -0.2) is 36.7 Å². The highest BCUT2D eigenvalue weighted by atomic mass is 79.9. The number of nitro groups is 1. The average Bonchev–Trinajstić information content (AvgIpc) is 3.07. The lowest BCUT2D eigenvalue weighted by molar-refractivity contribution is -0.384. The number of benzene rings is 2. The molecule has 0 bridgehead atoms. The van der Waals surface area contributed by atoms with Crippen LogP contribution in [0.1, 0.15) is 17.4 Å². The maximum atomic E-state index is 12.6. The summed E-state index contributed by atoms with van der Waals surface area (Å²) in [6.07, 6.45) is 0. The van der Waals surface area contributed by atoms with E-state index in [0.29, 0.717) is 22.3 Å². The molecule has 1 aromatic heterocycles. The van der Waals surface area contributed by atoms with Crippen molar-refractivity contribution in [2.75, 3.05) is 20.8 Å². The highest BCUT2D eigenvalue weighted by molar-refractivity contribution is 9.10. The summed E-state index contributed by atoms with van der Waals surface area (Å²) in [6, 6.07) is 8.66. The smallest absolute Gasteiger partial charge is 0.355 e. The number of nitrogens with one attached hydrogen (secondary N) is 1. The van der Waals surface area contributed by atoms with Crippen molar-refractivity contribution in [3.8, 4) is 22.6 Å². The van der Waals surface area contributed by atoms with E-state index in [9.17, 15) is 14.9 Å². The third-order valence-corrected chi connectivity index (χ3v) is 4.74. The molecule has 0 amide bonds. The van der Waals surface area contributed by atoms with Crippen LogP contribution in [0, 0.1) is 10.1 Å². The maximum Gasteiger partial charge on any atom is 0.355 e. The first-order valence-corrected chi connectivity index (χ1v) is 9.10. The molecule has 1 N–H and O–H groups in total. The van der Waals surface area contributed by atoms with Crippen molar-refractivity contribution in [1.29, 1.82) is 0 Å². The second kappa shape index (κ2) is 7.89. The molecule has 2 aromatic carbocycles. The lowest BCUT2D eigenvalue weighted by Crippen LogP contribution is -2.06. The topological polar surface area (TPSA) is 104 Å². The summed E-state index contributed by atoms with van der Waals surface area (Å²) in [5, 5.41) is 12.1. The third-order valence-electron chi connectivity index (χ3n) is 4.21. The molecule has 146 valence electrons. The molecule has 8 nitrogen and oxygen atoms in total. The second-order valence-corrected chi connectivity index (χ2v) is 6.65. The molecule has 3 aromatic rings. The molecule has 0 unspecified atom stereocenters. The van der Waals surface area contributed by atoms with Gasteiger partial charge in [-0.2, -0.15) is 0 Å². The quantitative estimate of drug-likeness (QED) is 0.333. The summed E-state index contributed by atoms with van der Waals surface area (Å²) in [5.74, 6) is -0.262. The Bertz CT molecular complexity index is 1060. The third kappa shape index (κ3) is 3.29. The fourth-order valence-electron chi connectivity index (χ4n) is 3.07. The number of esters is 1. The van der Waals surface area contributed by atoms with Gasteiger partial charge in [0, 0.05) is 16.1 Å². The number of ether oxygens (including phenoxy) is 3. The van der Waals surface area contributed by atoms with Gasteiger partial charge in [-0.1, -0.05) is 28.1 Å². The molecular weight excluding hydrogens is 432 g/mol. The van der Waals surface area contributed by atoms with Crippen molar-refractivity contribution in [3.63, 3.8) is 0 Å². The number of hydrogen-bond donors (Lipinski definition) is 1. The van der Waals surface area contributed by atoms with Crippen LogP contribution in [-0.2, 0) is 4.74 Å². The number of halogens is 1. The van der Waals surface area contributed by atoms with Gasteiger partial charge in [0.15, 0.2) is 0 Å². The number of carbonyl (C=O) groups excluding carboxylic acids is 1. The summed E-state index contributed by atoms with van der Waals surface area (Å²) in [5.41, 5.74) is 1.09. The number of nitro benzene ring substituents is 1. The zero-order valence-electron chi connectivity index (χ0n) is 15.4. The van der Waals surface area contributed by atoms with Crippen molar-refractivity contribution in [2.45, 2.75) is 6.92 Å². The zero-order valence-corrected chi connectivity index (χ0v) is 17.0. The second-order valence-electron chi connectivity index (χ2n) is 5.74. The molecule has 9 heteroatoms. The maximum absolute atomic E-state index is 12.6. The van der Waals surface area contributed by atoms with E-state index < -0.39 is 10.9 Å². The monoisotopic (exact) mass is 448 g/mol. The first kappa shape index (κ1) is 19.7. The summed E-state index contributed by atoms with van der Waals surface area (Å²) in [4.78, 5) is 26.7. The van der Waals surface area contributed by atoms with Gasteiger partial charge in [0.05, 0.1) is 31.1 Å².